The summed E-state index contributed by atoms with van der Waals surface area (Å²) in [6.45, 7) is 3.63. The third kappa shape index (κ3) is 2.31. The van der Waals surface area contributed by atoms with Crippen LogP contribution in [0.2, 0.25) is 0 Å². The molecule has 2 rings (SSSR count). The van der Waals surface area contributed by atoms with Crippen molar-refractivity contribution < 1.29 is 8.78 Å². The lowest BCUT2D eigenvalue weighted by Gasteiger charge is -2.34. The molecule has 4 heteroatoms. The van der Waals surface area contributed by atoms with Crippen LogP contribution in [0.25, 0.3) is 0 Å². The van der Waals surface area contributed by atoms with Crippen LogP contribution in [0.15, 0.2) is 12.1 Å². The standard InChI is InChI=1S/C14H16F2N2/c1-2-10-4-3-7-18(9-10)12-6-5-11(8-17)13(15)14(12)16/h5-6,10H,2-4,7,9H2,1H3. The van der Waals surface area contributed by atoms with Crippen LogP contribution in [0.4, 0.5) is 14.5 Å². The van der Waals surface area contributed by atoms with Crippen LogP contribution in [0, 0.1) is 28.9 Å². The van der Waals surface area contributed by atoms with E-state index in [0.29, 0.717) is 5.92 Å². The lowest BCUT2D eigenvalue weighted by Crippen LogP contribution is -2.35. The molecule has 1 fully saturated rings. The van der Waals surface area contributed by atoms with E-state index in [4.69, 9.17) is 5.26 Å². The van der Waals surface area contributed by atoms with Gasteiger partial charge in [0, 0.05) is 13.1 Å². The maximum absolute atomic E-state index is 13.9. The molecule has 2 nitrogen and oxygen atoms in total. The van der Waals surface area contributed by atoms with Crippen LogP contribution in [0.5, 0.6) is 0 Å². The van der Waals surface area contributed by atoms with E-state index in [0.717, 1.165) is 32.4 Å². The van der Waals surface area contributed by atoms with E-state index < -0.39 is 11.6 Å². The molecule has 0 N–H and O–H groups in total. The first-order chi connectivity index (χ1) is 8.67. The minimum atomic E-state index is -1.03. The Balaban J connectivity index is 2.29. The maximum Gasteiger partial charge on any atom is 0.183 e. The Morgan fingerprint density at radius 3 is 2.83 bits per heavy atom. The van der Waals surface area contributed by atoms with Gasteiger partial charge in [0.2, 0.25) is 0 Å². The fourth-order valence-corrected chi connectivity index (χ4v) is 2.49. The highest BCUT2D eigenvalue weighted by Gasteiger charge is 2.23. The van der Waals surface area contributed by atoms with Crippen molar-refractivity contribution >= 4 is 5.69 Å². The van der Waals surface area contributed by atoms with Crippen LogP contribution in [0.1, 0.15) is 31.7 Å². The lowest BCUT2D eigenvalue weighted by atomic mass is 9.95. The third-order valence-electron chi connectivity index (χ3n) is 3.62. The van der Waals surface area contributed by atoms with Crippen molar-refractivity contribution in [3.63, 3.8) is 0 Å². The normalized spacial score (nSPS) is 19.7. The van der Waals surface area contributed by atoms with Crippen molar-refractivity contribution in [2.45, 2.75) is 26.2 Å². The summed E-state index contributed by atoms with van der Waals surface area (Å²) >= 11 is 0. The number of hydrogen-bond acceptors (Lipinski definition) is 2. The minimum Gasteiger partial charge on any atom is -0.369 e. The molecule has 1 aromatic rings. The Morgan fingerprint density at radius 2 is 2.17 bits per heavy atom. The number of anilines is 1. The molecule has 0 saturated carbocycles. The summed E-state index contributed by atoms with van der Waals surface area (Å²) in [5.41, 5.74) is 0.0463. The second kappa shape index (κ2) is 5.34. The van der Waals surface area contributed by atoms with Gasteiger partial charge in [-0.25, -0.2) is 8.78 Å². The number of benzene rings is 1. The first-order valence-electron chi connectivity index (χ1n) is 6.30. The number of rotatable bonds is 2. The zero-order chi connectivity index (χ0) is 13.1. The molecular formula is C14H16F2N2. The average molecular weight is 250 g/mol. The molecule has 1 unspecified atom stereocenters. The van der Waals surface area contributed by atoms with Gasteiger partial charge in [-0.3, -0.25) is 0 Å². The topological polar surface area (TPSA) is 27.0 Å². The Hall–Kier alpha value is -1.63. The molecule has 0 aromatic heterocycles. The van der Waals surface area contributed by atoms with Gasteiger partial charge >= 0.3 is 0 Å². The number of halogens is 2. The van der Waals surface area contributed by atoms with E-state index >= 15 is 0 Å². The van der Waals surface area contributed by atoms with Gasteiger partial charge in [0.05, 0.1) is 11.3 Å². The first-order valence-corrected chi connectivity index (χ1v) is 6.30. The van der Waals surface area contributed by atoms with Gasteiger partial charge in [-0.1, -0.05) is 13.3 Å². The van der Waals surface area contributed by atoms with E-state index in [1.807, 2.05) is 4.90 Å². The minimum absolute atomic E-state index is 0.236. The van der Waals surface area contributed by atoms with Crippen molar-refractivity contribution in [1.82, 2.24) is 0 Å². The van der Waals surface area contributed by atoms with Crippen molar-refractivity contribution in [3.05, 3.63) is 29.3 Å². The number of nitriles is 1. The molecule has 96 valence electrons. The largest absolute Gasteiger partial charge is 0.369 e. The molecule has 1 aromatic carbocycles. The van der Waals surface area contributed by atoms with Crippen LogP contribution in [-0.2, 0) is 0 Å². The summed E-state index contributed by atoms with van der Waals surface area (Å²) in [6.07, 6.45) is 3.20. The summed E-state index contributed by atoms with van der Waals surface area (Å²) < 4.78 is 27.5. The molecule has 18 heavy (non-hydrogen) atoms. The van der Waals surface area contributed by atoms with Gasteiger partial charge in [-0.15, -0.1) is 0 Å². The van der Waals surface area contributed by atoms with Crippen molar-refractivity contribution in [2.75, 3.05) is 18.0 Å². The number of piperidine rings is 1. The molecular weight excluding hydrogens is 234 g/mol. The molecule has 0 bridgehead atoms. The number of hydrogen-bond donors (Lipinski definition) is 0. The van der Waals surface area contributed by atoms with E-state index in [1.165, 1.54) is 12.1 Å². The summed E-state index contributed by atoms with van der Waals surface area (Å²) in [5.74, 6) is -1.39. The van der Waals surface area contributed by atoms with E-state index in [1.54, 1.807) is 6.07 Å². The van der Waals surface area contributed by atoms with Crippen LogP contribution < -0.4 is 4.90 Å². The van der Waals surface area contributed by atoms with Crippen molar-refractivity contribution in [1.29, 1.82) is 5.26 Å². The highest BCUT2D eigenvalue weighted by atomic mass is 19.2. The molecule has 1 aliphatic rings. The highest BCUT2D eigenvalue weighted by Crippen LogP contribution is 2.29. The Morgan fingerprint density at radius 1 is 1.39 bits per heavy atom. The quantitative estimate of drug-likeness (QED) is 0.803. The van der Waals surface area contributed by atoms with Gasteiger partial charge in [-0.05, 0) is 30.9 Å². The smallest absolute Gasteiger partial charge is 0.183 e. The predicted octanol–water partition coefficient (Wildman–Crippen LogP) is 3.46. The average Bonchev–Trinajstić information content (AvgIpc) is 2.42. The van der Waals surface area contributed by atoms with Gasteiger partial charge in [0.25, 0.3) is 0 Å². The fourth-order valence-electron chi connectivity index (χ4n) is 2.49. The zero-order valence-corrected chi connectivity index (χ0v) is 10.4. The first kappa shape index (κ1) is 12.8. The summed E-state index contributed by atoms with van der Waals surface area (Å²) in [4.78, 5) is 1.89. The second-order valence-corrected chi connectivity index (χ2v) is 4.73. The van der Waals surface area contributed by atoms with E-state index in [-0.39, 0.29) is 11.3 Å². The maximum atomic E-state index is 13.9. The lowest BCUT2D eigenvalue weighted by molar-refractivity contribution is 0.399. The molecule has 0 amide bonds. The Labute approximate surface area is 106 Å². The Kier molecular flexibility index (Phi) is 3.81. The molecule has 1 aliphatic heterocycles. The molecule has 0 radical (unpaired) electrons. The van der Waals surface area contributed by atoms with Crippen molar-refractivity contribution in [2.24, 2.45) is 5.92 Å². The fraction of sp³-hybridized carbons (Fsp3) is 0.500. The molecule has 1 heterocycles. The number of nitrogens with zero attached hydrogens (tertiary/aromatic N) is 2. The molecule has 0 spiro atoms. The Bertz CT molecular complexity index is 479. The van der Waals surface area contributed by atoms with Gasteiger partial charge in [-0.2, -0.15) is 5.26 Å². The summed E-state index contributed by atoms with van der Waals surface area (Å²) in [6, 6.07) is 4.51. The molecule has 1 saturated heterocycles. The third-order valence-corrected chi connectivity index (χ3v) is 3.62. The highest BCUT2D eigenvalue weighted by molar-refractivity contribution is 5.52. The summed E-state index contributed by atoms with van der Waals surface area (Å²) in [7, 11) is 0. The van der Waals surface area contributed by atoms with Crippen molar-refractivity contribution in [3.8, 4) is 6.07 Å². The van der Waals surface area contributed by atoms with Crippen LogP contribution in [0.3, 0.4) is 0 Å². The SMILES string of the molecule is CCC1CCCN(c2ccc(C#N)c(F)c2F)C1. The van der Waals surface area contributed by atoms with Gasteiger partial charge in [0.15, 0.2) is 11.6 Å². The van der Waals surface area contributed by atoms with Crippen LogP contribution in [-0.4, -0.2) is 13.1 Å². The second-order valence-electron chi connectivity index (χ2n) is 4.73. The van der Waals surface area contributed by atoms with Crippen LogP contribution >= 0.6 is 0 Å². The zero-order valence-electron chi connectivity index (χ0n) is 10.4. The monoisotopic (exact) mass is 250 g/mol. The predicted molar refractivity (Wildman–Crippen MR) is 66.3 cm³/mol. The summed E-state index contributed by atoms with van der Waals surface area (Å²) in [5, 5.41) is 8.65. The van der Waals surface area contributed by atoms with Gasteiger partial charge in [0.1, 0.15) is 6.07 Å². The van der Waals surface area contributed by atoms with Gasteiger partial charge < -0.3 is 4.90 Å². The van der Waals surface area contributed by atoms with E-state index in [2.05, 4.69) is 6.92 Å². The van der Waals surface area contributed by atoms with E-state index in [9.17, 15) is 8.78 Å². The molecule has 1 atom stereocenters. The molecule has 0 aliphatic carbocycles.